The maximum Gasteiger partial charge on any atom is 0.416 e. The molecule has 0 aliphatic carbocycles. The van der Waals surface area contributed by atoms with Gasteiger partial charge in [-0.3, -0.25) is 9.59 Å². The number of ketones is 1. The second-order valence-corrected chi connectivity index (χ2v) is 9.44. The van der Waals surface area contributed by atoms with Gasteiger partial charge in [0.25, 0.3) is 0 Å². The van der Waals surface area contributed by atoms with E-state index >= 15 is 0 Å². The molecule has 1 unspecified atom stereocenters. The zero-order valence-corrected chi connectivity index (χ0v) is 20.8. The molecule has 0 aliphatic heterocycles. The summed E-state index contributed by atoms with van der Waals surface area (Å²) in [6.07, 6.45) is -2.85. The van der Waals surface area contributed by atoms with Crippen LogP contribution in [0.5, 0.6) is 0 Å². The first kappa shape index (κ1) is 27.5. The molecular formula is C28H32F3NO4. The Morgan fingerprint density at radius 3 is 2.50 bits per heavy atom. The van der Waals surface area contributed by atoms with Gasteiger partial charge in [0.05, 0.1) is 12.2 Å². The van der Waals surface area contributed by atoms with E-state index in [1.165, 1.54) is 6.07 Å². The number of halogens is 3. The van der Waals surface area contributed by atoms with Gasteiger partial charge in [-0.15, -0.1) is 0 Å². The summed E-state index contributed by atoms with van der Waals surface area (Å²) in [5.41, 5.74) is 2.90. The highest BCUT2D eigenvalue weighted by Crippen LogP contribution is 2.35. The third-order valence-corrected chi connectivity index (χ3v) is 6.29. The number of alkyl halides is 3. The quantitative estimate of drug-likeness (QED) is 0.220. The predicted molar refractivity (Wildman–Crippen MR) is 132 cm³/mol. The maximum atomic E-state index is 13.4. The molecule has 2 aromatic carbocycles. The van der Waals surface area contributed by atoms with E-state index in [9.17, 15) is 22.8 Å². The van der Waals surface area contributed by atoms with Gasteiger partial charge in [-0.1, -0.05) is 36.8 Å². The monoisotopic (exact) mass is 503 g/mol. The van der Waals surface area contributed by atoms with Crippen LogP contribution in [0.3, 0.4) is 0 Å². The number of Topliss-reactive ketones (excluding diaryl/α,β-unsaturated/α-hetero) is 1. The van der Waals surface area contributed by atoms with E-state index in [1.807, 2.05) is 25.1 Å². The molecular weight excluding hydrogens is 471 g/mol. The second kappa shape index (κ2) is 11.7. The fraction of sp³-hybridized carbons (Fsp3) is 0.429. The van der Waals surface area contributed by atoms with Crippen molar-refractivity contribution in [2.75, 3.05) is 6.61 Å². The number of hydrogen-bond donors (Lipinski definition) is 1. The fourth-order valence-electron chi connectivity index (χ4n) is 4.55. The van der Waals surface area contributed by atoms with E-state index in [-0.39, 0.29) is 29.6 Å². The molecule has 3 aromatic rings. The topological polar surface area (TPSA) is 68.5 Å². The molecule has 0 aliphatic rings. The number of aromatic nitrogens is 1. The largest absolute Gasteiger partial charge is 0.481 e. The van der Waals surface area contributed by atoms with Crippen molar-refractivity contribution in [1.29, 1.82) is 0 Å². The molecule has 0 saturated heterocycles. The van der Waals surface area contributed by atoms with Crippen LogP contribution >= 0.6 is 0 Å². The average Bonchev–Trinajstić information content (AvgIpc) is 3.06. The van der Waals surface area contributed by atoms with Gasteiger partial charge in [0.15, 0.2) is 5.78 Å². The van der Waals surface area contributed by atoms with Crippen LogP contribution in [0.15, 0.2) is 42.5 Å². The molecule has 194 valence electrons. The van der Waals surface area contributed by atoms with Crippen molar-refractivity contribution in [3.05, 3.63) is 70.4 Å². The number of fused-ring (bicyclic) bond motifs is 1. The maximum absolute atomic E-state index is 13.4. The zero-order chi connectivity index (χ0) is 26.5. The number of nitrogens with zero attached hydrogens (tertiary/aromatic N) is 1. The minimum atomic E-state index is -4.53. The Bertz CT molecular complexity index is 1230. The van der Waals surface area contributed by atoms with Crippen LogP contribution in [0, 0.1) is 12.8 Å². The number of aryl methyl sites for hydroxylation is 2. The number of benzene rings is 2. The summed E-state index contributed by atoms with van der Waals surface area (Å²) < 4.78 is 47.8. The number of unbranched alkanes of at least 4 members (excludes halogenated alkanes) is 1. The summed E-state index contributed by atoms with van der Waals surface area (Å²) in [7, 11) is 1.75. The lowest BCUT2D eigenvalue weighted by atomic mass is 9.94. The average molecular weight is 504 g/mol. The standard InChI is InChI=1S/C28H32F3NO4/c1-18-7-6-8-20(13-18)17-36-12-5-4-9-24-27(25(33)14-19(2)15-26(34)35)22-16-21(28(29,30)31)10-11-23(22)32(24)3/h6-8,10-11,13,16,19H,4-5,9,12,14-15,17H2,1-3H3,(H,34,35). The van der Waals surface area contributed by atoms with Crippen molar-refractivity contribution in [3.8, 4) is 0 Å². The van der Waals surface area contributed by atoms with E-state index in [0.29, 0.717) is 37.3 Å². The Morgan fingerprint density at radius 2 is 1.83 bits per heavy atom. The van der Waals surface area contributed by atoms with Gasteiger partial charge in [-0.05, 0) is 55.9 Å². The molecule has 8 heteroatoms. The highest BCUT2D eigenvalue weighted by atomic mass is 19.4. The number of hydrogen-bond acceptors (Lipinski definition) is 3. The molecule has 1 aromatic heterocycles. The number of aliphatic carboxylic acids is 1. The first-order valence-corrected chi connectivity index (χ1v) is 12.0. The molecule has 5 nitrogen and oxygen atoms in total. The summed E-state index contributed by atoms with van der Waals surface area (Å²) in [6.45, 7) is 4.70. The first-order valence-electron chi connectivity index (χ1n) is 12.0. The smallest absolute Gasteiger partial charge is 0.416 e. The number of carbonyl (C=O) groups excluding carboxylic acids is 1. The van der Waals surface area contributed by atoms with Gasteiger partial charge < -0.3 is 14.4 Å². The van der Waals surface area contributed by atoms with Crippen LogP contribution in [-0.2, 0) is 35.8 Å². The molecule has 0 fully saturated rings. The van der Waals surface area contributed by atoms with Crippen molar-refractivity contribution in [2.24, 2.45) is 13.0 Å². The van der Waals surface area contributed by atoms with Gasteiger partial charge in [0, 0.05) is 48.7 Å². The van der Waals surface area contributed by atoms with Crippen molar-refractivity contribution in [1.82, 2.24) is 4.57 Å². The minimum absolute atomic E-state index is 0.0474. The molecule has 0 saturated carbocycles. The summed E-state index contributed by atoms with van der Waals surface area (Å²) in [4.78, 5) is 24.3. The number of carboxylic acids is 1. The lowest BCUT2D eigenvalue weighted by Gasteiger charge is -2.11. The highest BCUT2D eigenvalue weighted by molar-refractivity contribution is 6.10. The van der Waals surface area contributed by atoms with E-state index in [0.717, 1.165) is 29.7 Å². The Balaban J connectivity index is 1.77. The van der Waals surface area contributed by atoms with E-state index in [4.69, 9.17) is 9.84 Å². The zero-order valence-electron chi connectivity index (χ0n) is 20.8. The molecule has 1 N–H and O–H groups in total. The van der Waals surface area contributed by atoms with E-state index < -0.39 is 23.6 Å². The molecule has 0 spiro atoms. The number of carboxylic acid groups (broad SMARTS) is 1. The highest BCUT2D eigenvalue weighted by Gasteiger charge is 2.32. The lowest BCUT2D eigenvalue weighted by molar-refractivity contribution is -0.138. The summed E-state index contributed by atoms with van der Waals surface area (Å²) >= 11 is 0. The molecule has 1 heterocycles. The van der Waals surface area contributed by atoms with Gasteiger partial charge in [0.1, 0.15) is 0 Å². The summed E-state index contributed by atoms with van der Waals surface area (Å²) in [5, 5.41) is 9.30. The second-order valence-electron chi connectivity index (χ2n) is 9.44. The van der Waals surface area contributed by atoms with Gasteiger partial charge in [-0.25, -0.2) is 0 Å². The Hall–Kier alpha value is -3.13. The van der Waals surface area contributed by atoms with Crippen LogP contribution in [-0.4, -0.2) is 28.0 Å². The van der Waals surface area contributed by atoms with E-state index in [2.05, 4.69) is 6.07 Å². The predicted octanol–water partition coefficient (Wildman–Crippen LogP) is 6.73. The third kappa shape index (κ3) is 6.97. The van der Waals surface area contributed by atoms with Gasteiger partial charge in [-0.2, -0.15) is 13.2 Å². The first-order chi connectivity index (χ1) is 17.0. The third-order valence-electron chi connectivity index (χ3n) is 6.29. The summed E-state index contributed by atoms with van der Waals surface area (Å²) in [5.74, 6) is -1.78. The van der Waals surface area contributed by atoms with Crippen molar-refractivity contribution in [2.45, 2.75) is 58.7 Å². The van der Waals surface area contributed by atoms with E-state index in [1.54, 1.807) is 18.5 Å². The summed E-state index contributed by atoms with van der Waals surface area (Å²) in [6, 6.07) is 11.5. The Labute approximate surface area is 208 Å². The molecule has 0 bridgehead atoms. The van der Waals surface area contributed by atoms with Crippen LogP contribution in [0.2, 0.25) is 0 Å². The fourth-order valence-corrected chi connectivity index (χ4v) is 4.55. The molecule has 1 atom stereocenters. The molecule has 0 radical (unpaired) electrons. The number of rotatable bonds is 12. The van der Waals surface area contributed by atoms with Gasteiger partial charge >= 0.3 is 12.1 Å². The Morgan fingerprint density at radius 1 is 1.08 bits per heavy atom. The molecule has 0 amide bonds. The van der Waals surface area contributed by atoms with Crippen LogP contribution in [0.25, 0.3) is 10.9 Å². The normalized spacial score (nSPS) is 12.7. The minimum Gasteiger partial charge on any atom is -0.481 e. The van der Waals surface area contributed by atoms with Crippen molar-refractivity contribution < 1.29 is 32.6 Å². The van der Waals surface area contributed by atoms with Crippen LogP contribution < -0.4 is 0 Å². The van der Waals surface area contributed by atoms with Gasteiger partial charge in [0.2, 0.25) is 0 Å². The van der Waals surface area contributed by atoms with Crippen molar-refractivity contribution in [3.63, 3.8) is 0 Å². The van der Waals surface area contributed by atoms with Crippen LogP contribution in [0.1, 0.15) is 65.3 Å². The van der Waals surface area contributed by atoms with Crippen LogP contribution in [0.4, 0.5) is 13.2 Å². The number of ether oxygens (including phenoxy) is 1. The molecule has 36 heavy (non-hydrogen) atoms. The Kier molecular flexibility index (Phi) is 8.95. The van der Waals surface area contributed by atoms with Crippen molar-refractivity contribution >= 4 is 22.7 Å². The number of carbonyl (C=O) groups is 2. The lowest BCUT2D eigenvalue weighted by Crippen LogP contribution is -2.12. The SMILES string of the molecule is Cc1cccc(COCCCCc2c(C(=O)CC(C)CC(=O)O)c3cc(C(F)(F)F)ccc3n2C)c1. The molecule has 3 rings (SSSR count).